The standard InChI is InChI=1S/C35H37FN6O5/c1-3-42-23-38-19-27(42)20-39-32-17-26(35(44)45-2)8-9-31(32)40-34(43)21-41-13-11-28(12-14-41)47-29-6-4-5-25(15-29)22-46-33-10-7-24(18-37)16-30(33)36/h4-10,15-17,19,23,28,39H,3,11-14,20-22H2,1-2H3,(H,40,43). The fourth-order valence-electron chi connectivity index (χ4n) is 5.34. The van der Waals surface area contributed by atoms with E-state index >= 15 is 0 Å². The molecule has 3 aromatic carbocycles. The first-order valence-corrected chi connectivity index (χ1v) is 15.4. The second kappa shape index (κ2) is 15.7. The Morgan fingerprint density at radius 3 is 2.66 bits per heavy atom. The molecule has 1 amide bonds. The number of hydrogen-bond acceptors (Lipinski definition) is 9. The summed E-state index contributed by atoms with van der Waals surface area (Å²) in [5.74, 6) is -0.435. The number of imidazole rings is 1. The highest BCUT2D eigenvalue weighted by atomic mass is 19.1. The summed E-state index contributed by atoms with van der Waals surface area (Å²) in [5, 5.41) is 15.2. The Balaban J connectivity index is 1.12. The number of hydrogen-bond donors (Lipinski definition) is 2. The van der Waals surface area contributed by atoms with Gasteiger partial charge in [0.2, 0.25) is 5.91 Å². The van der Waals surface area contributed by atoms with Gasteiger partial charge >= 0.3 is 5.97 Å². The number of aryl methyl sites for hydroxylation is 1. The molecular formula is C35H37FN6O5. The smallest absolute Gasteiger partial charge is 0.337 e. The molecule has 0 unspecified atom stereocenters. The molecule has 11 nitrogen and oxygen atoms in total. The lowest BCUT2D eigenvalue weighted by Gasteiger charge is -2.31. The van der Waals surface area contributed by atoms with Crippen molar-refractivity contribution in [3.63, 3.8) is 0 Å². The molecule has 1 saturated heterocycles. The van der Waals surface area contributed by atoms with Gasteiger partial charge in [-0.15, -0.1) is 0 Å². The molecule has 0 spiro atoms. The number of likely N-dealkylation sites (tertiary alicyclic amines) is 1. The molecule has 0 atom stereocenters. The van der Waals surface area contributed by atoms with Crippen molar-refractivity contribution in [1.29, 1.82) is 5.26 Å². The van der Waals surface area contributed by atoms with Crippen LogP contribution in [0.3, 0.4) is 0 Å². The van der Waals surface area contributed by atoms with E-state index in [9.17, 15) is 14.0 Å². The summed E-state index contributed by atoms with van der Waals surface area (Å²) in [6.07, 6.45) is 5.01. The monoisotopic (exact) mass is 640 g/mol. The largest absolute Gasteiger partial charge is 0.490 e. The van der Waals surface area contributed by atoms with Gasteiger partial charge in [0.15, 0.2) is 11.6 Å². The number of carbonyl (C=O) groups is 2. The van der Waals surface area contributed by atoms with E-state index in [4.69, 9.17) is 19.5 Å². The summed E-state index contributed by atoms with van der Waals surface area (Å²) in [6, 6.07) is 18.5. The van der Waals surface area contributed by atoms with Crippen molar-refractivity contribution in [2.45, 2.75) is 45.6 Å². The van der Waals surface area contributed by atoms with Crippen LogP contribution in [-0.4, -0.2) is 59.2 Å². The third-order valence-electron chi connectivity index (χ3n) is 7.87. The van der Waals surface area contributed by atoms with Crippen molar-refractivity contribution in [2.24, 2.45) is 0 Å². The van der Waals surface area contributed by atoms with Gasteiger partial charge in [-0.2, -0.15) is 5.26 Å². The average molecular weight is 641 g/mol. The van der Waals surface area contributed by atoms with Gasteiger partial charge in [0.1, 0.15) is 18.5 Å². The average Bonchev–Trinajstić information content (AvgIpc) is 3.55. The lowest BCUT2D eigenvalue weighted by atomic mass is 10.1. The van der Waals surface area contributed by atoms with Crippen LogP contribution in [0.5, 0.6) is 11.5 Å². The molecule has 0 saturated carbocycles. The second-order valence-corrected chi connectivity index (χ2v) is 11.1. The van der Waals surface area contributed by atoms with Crippen LogP contribution in [0.25, 0.3) is 0 Å². The van der Waals surface area contributed by atoms with E-state index in [1.807, 2.05) is 41.8 Å². The summed E-state index contributed by atoms with van der Waals surface area (Å²) >= 11 is 0. The topological polar surface area (TPSA) is 131 Å². The van der Waals surface area contributed by atoms with Crippen LogP contribution in [0.4, 0.5) is 15.8 Å². The number of piperidine rings is 1. The van der Waals surface area contributed by atoms with Gasteiger partial charge in [0.05, 0.1) is 60.8 Å². The zero-order chi connectivity index (χ0) is 33.2. The zero-order valence-corrected chi connectivity index (χ0v) is 26.4. The van der Waals surface area contributed by atoms with Gasteiger partial charge in [0, 0.05) is 25.8 Å². The molecule has 0 bridgehead atoms. The third kappa shape index (κ3) is 8.86. The Bertz CT molecular complexity index is 1740. The van der Waals surface area contributed by atoms with Crippen molar-refractivity contribution in [2.75, 3.05) is 37.4 Å². The van der Waals surface area contributed by atoms with Gasteiger partial charge in [-0.05, 0) is 73.9 Å². The molecule has 1 aliphatic heterocycles. The van der Waals surface area contributed by atoms with Crippen LogP contribution in [0.1, 0.15) is 46.9 Å². The summed E-state index contributed by atoms with van der Waals surface area (Å²) in [5.41, 5.74) is 3.57. The second-order valence-electron chi connectivity index (χ2n) is 11.1. The molecule has 1 aliphatic rings. The van der Waals surface area contributed by atoms with Crippen LogP contribution >= 0.6 is 0 Å². The number of methoxy groups -OCH3 is 1. The van der Waals surface area contributed by atoms with Crippen molar-refractivity contribution in [3.8, 4) is 17.6 Å². The number of anilines is 2. The van der Waals surface area contributed by atoms with Crippen LogP contribution < -0.4 is 20.1 Å². The first kappa shape index (κ1) is 33.0. The molecule has 1 aromatic heterocycles. The van der Waals surface area contributed by atoms with Gasteiger partial charge in [0.25, 0.3) is 0 Å². The molecule has 1 fully saturated rings. The van der Waals surface area contributed by atoms with Crippen LogP contribution in [-0.2, 0) is 29.2 Å². The quantitative estimate of drug-likeness (QED) is 0.185. The molecule has 12 heteroatoms. The highest BCUT2D eigenvalue weighted by molar-refractivity contribution is 5.98. The number of nitrogens with one attached hydrogen (secondary N) is 2. The van der Waals surface area contributed by atoms with Crippen LogP contribution in [0, 0.1) is 17.1 Å². The molecule has 0 radical (unpaired) electrons. The van der Waals surface area contributed by atoms with Crippen molar-refractivity contribution < 1.29 is 28.2 Å². The number of aromatic nitrogens is 2. The predicted molar refractivity (Wildman–Crippen MR) is 174 cm³/mol. The Morgan fingerprint density at radius 1 is 1.09 bits per heavy atom. The Labute approximate surface area is 272 Å². The van der Waals surface area contributed by atoms with Crippen LogP contribution in [0.2, 0.25) is 0 Å². The highest BCUT2D eigenvalue weighted by Crippen LogP contribution is 2.26. The SMILES string of the molecule is CCn1cncc1CNc1cc(C(=O)OC)ccc1NC(=O)CN1CCC(Oc2cccc(COc3ccc(C#N)cc3F)c2)CC1. The van der Waals surface area contributed by atoms with Gasteiger partial charge in [-0.25, -0.2) is 14.2 Å². The zero-order valence-electron chi connectivity index (χ0n) is 26.4. The number of esters is 1. The minimum Gasteiger partial charge on any atom is -0.490 e. The first-order valence-electron chi connectivity index (χ1n) is 15.4. The Kier molecular flexibility index (Phi) is 11.0. The maximum atomic E-state index is 14.2. The van der Waals surface area contributed by atoms with Gasteiger partial charge in [-0.3, -0.25) is 9.69 Å². The molecule has 0 aliphatic carbocycles. The summed E-state index contributed by atoms with van der Waals surface area (Å²) in [7, 11) is 1.33. The van der Waals surface area contributed by atoms with E-state index < -0.39 is 11.8 Å². The molecule has 244 valence electrons. The normalized spacial score (nSPS) is 13.4. The number of halogens is 1. The summed E-state index contributed by atoms with van der Waals surface area (Å²) in [6.45, 7) is 5.00. The van der Waals surface area contributed by atoms with Gasteiger partial charge in [-0.1, -0.05) is 12.1 Å². The van der Waals surface area contributed by atoms with Crippen molar-refractivity contribution >= 4 is 23.3 Å². The highest BCUT2D eigenvalue weighted by Gasteiger charge is 2.23. The lowest BCUT2D eigenvalue weighted by molar-refractivity contribution is -0.117. The summed E-state index contributed by atoms with van der Waals surface area (Å²) in [4.78, 5) is 31.6. The number of ether oxygens (including phenoxy) is 3. The Hall–Kier alpha value is -5.41. The fraction of sp³-hybridized carbons (Fsp3) is 0.314. The van der Waals surface area contributed by atoms with E-state index in [1.54, 1.807) is 30.7 Å². The third-order valence-corrected chi connectivity index (χ3v) is 7.87. The van der Waals surface area contributed by atoms with Crippen LogP contribution in [0.15, 0.2) is 73.2 Å². The molecule has 4 aromatic rings. The lowest BCUT2D eigenvalue weighted by Crippen LogP contribution is -2.42. The van der Waals surface area contributed by atoms with E-state index in [2.05, 4.69) is 20.5 Å². The van der Waals surface area contributed by atoms with E-state index in [0.29, 0.717) is 42.3 Å². The number of rotatable bonds is 13. The minimum absolute atomic E-state index is 0.0142. The van der Waals surface area contributed by atoms with E-state index in [-0.39, 0.29) is 36.5 Å². The molecular weight excluding hydrogens is 603 g/mol. The maximum Gasteiger partial charge on any atom is 0.337 e. The minimum atomic E-state index is -0.582. The molecule has 2 N–H and O–H groups in total. The Morgan fingerprint density at radius 2 is 1.91 bits per heavy atom. The first-order chi connectivity index (χ1) is 22.8. The number of carbonyl (C=O) groups excluding carboxylic acids is 2. The van der Waals surface area contributed by atoms with Gasteiger partial charge < -0.3 is 29.4 Å². The van der Waals surface area contributed by atoms with E-state index in [0.717, 1.165) is 36.7 Å². The van der Waals surface area contributed by atoms with Crippen molar-refractivity contribution in [1.82, 2.24) is 14.5 Å². The number of benzene rings is 3. The van der Waals surface area contributed by atoms with E-state index in [1.165, 1.54) is 19.2 Å². The molecule has 5 rings (SSSR count). The molecule has 2 heterocycles. The molecule has 47 heavy (non-hydrogen) atoms. The number of amides is 1. The number of nitriles is 1. The van der Waals surface area contributed by atoms with Crippen molar-refractivity contribution in [3.05, 3.63) is 101 Å². The summed E-state index contributed by atoms with van der Waals surface area (Å²) < 4.78 is 32.9. The maximum absolute atomic E-state index is 14.2. The fourth-order valence-corrected chi connectivity index (χ4v) is 5.34. The number of nitrogens with zero attached hydrogens (tertiary/aromatic N) is 4. The predicted octanol–water partition coefficient (Wildman–Crippen LogP) is 5.37.